The van der Waals surface area contributed by atoms with Crippen LogP contribution in [0.1, 0.15) is 35.9 Å². The van der Waals surface area contributed by atoms with Crippen LogP contribution in [0.15, 0.2) is 24.7 Å². The number of nitrogens with zero attached hydrogens (tertiary/aromatic N) is 3. The second-order valence-electron chi connectivity index (χ2n) is 5.83. The molecule has 2 atom stereocenters. The number of hydrogen-bond acceptors (Lipinski definition) is 6. The summed E-state index contributed by atoms with van der Waals surface area (Å²) in [6.07, 6.45) is 7.70. The van der Waals surface area contributed by atoms with Crippen LogP contribution in [0.2, 0.25) is 0 Å². The molecule has 116 valence electrons. The van der Waals surface area contributed by atoms with E-state index in [9.17, 15) is 9.90 Å². The molecule has 0 spiro atoms. The summed E-state index contributed by atoms with van der Waals surface area (Å²) in [5.41, 5.74) is -0.230. The number of aliphatic hydroxyl groups excluding tert-OH is 1. The van der Waals surface area contributed by atoms with Gasteiger partial charge in [-0.1, -0.05) is 13.3 Å². The summed E-state index contributed by atoms with van der Waals surface area (Å²) in [6, 6.07) is 1.74. The Hall–Kier alpha value is -1.86. The molecule has 2 aromatic heterocycles. The zero-order valence-corrected chi connectivity index (χ0v) is 13.1. The van der Waals surface area contributed by atoms with Gasteiger partial charge in [0.15, 0.2) is 10.8 Å². The summed E-state index contributed by atoms with van der Waals surface area (Å²) in [6.45, 7) is 2.10. The van der Waals surface area contributed by atoms with Gasteiger partial charge in [-0.15, -0.1) is 11.3 Å². The lowest BCUT2D eigenvalue weighted by Crippen LogP contribution is -2.44. The Balaban J connectivity index is 1.72. The lowest BCUT2D eigenvalue weighted by molar-refractivity contribution is 0.0834. The number of aliphatic hydroxyl groups is 1. The maximum atomic E-state index is 12.4. The molecule has 0 radical (unpaired) electrons. The van der Waals surface area contributed by atoms with Crippen LogP contribution in [-0.4, -0.2) is 38.6 Å². The molecular weight excluding hydrogens is 300 g/mol. The molecular formula is C15H18N4O2S. The number of thiazole rings is 1. The normalized spacial score (nSPS) is 24.4. The Morgan fingerprint density at radius 3 is 2.95 bits per heavy atom. The highest BCUT2D eigenvalue weighted by molar-refractivity contribution is 7.16. The average Bonchev–Trinajstić information content (AvgIpc) is 3.17. The minimum absolute atomic E-state index is 0.00326. The molecule has 7 heteroatoms. The highest BCUT2D eigenvalue weighted by Crippen LogP contribution is 2.37. The lowest BCUT2D eigenvalue weighted by Gasteiger charge is -2.29. The first-order chi connectivity index (χ1) is 10.6. The van der Waals surface area contributed by atoms with Gasteiger partial charge in [-0.25, -0.2) is 15.0 Å². The van der Waals surface area contributed by atoms with Gasteiger partial charge in [0.1, 0.15) is 4.88 Å². The zero-order chi connectivity index (χ0) is 15.6. The van der Waals surface area contributed by atoms with E-state index in [4.69, 9.17) is 0 Å². The Morgan fingerprint density at radius 2 is 2.23 bits per heavy atom. The number of hydrogen-bond donors (Lipinski definition) is 2. The Labute approximate surface area is 132 Å². The van der Waals surface area contributed by atoms with Crippen molar-refractivity contribution in [3.05, 3.63) is 29.5 Å². The maximum absolute atomic E-state index is 12.4. The van der Waals surface area contributed by atoms with Crippen LogP contribution in [-0.2, 0) is 0 Å². The molecule has 3 rings (SSSR count). The van der Waals surface area contributed by atoms with E-state index in [1.807, 2.05) is 6.92 Å². The Morgan fingerprint density at radius 1 is 1.45 bits per heavy atom. The van der Waals surface area contributed by atoms with Crippen LogP contribution in [0.4, 0.5) is 0 Å². The van der Waals surface area contributed by atoms with Crippen molar-refractivity contribution in [2.45, 2.75) is 32.2 Å². The van der Waals surface area contributed by atoms with Crippen molar-refractivity contribution in [2.24, 2.45) is 5.41 Å². The van der Waals surface area contributed by atoms with Gasteiger partial charge in [-0.05, 0) is 18.9 Å². The number of rotatable bonds is 4. The zero-order valence-electron chi connectivity index (χ0n) is 12.3. The van der Waals surface area contributed by atoms with Crippen molar-refractivity contribution < 1.29 is 9.90 Å². The summed E-state index contributed by atoms with van der Waals surface area (Å²) >= 11 is 1.27. The second-order valence-corrected chi connectivity index (χ2v) is 6.86. The van der Waals surface area contributed by atoms with Gasteiger partial charge in [0, 0.05) is 23.9 Å². The number of carbonyl (C=O) groups is 1. The molecule has 1 aliphatic carbocycles. The van der Waals surface area contributed by atoms with E-state index in [-0.39, 0.29) is 24.0 Å². The molecule has 0 aliphatic heterocycles. The van der Waals surface area contributed by atoms with Gasteiger partial charge in [0.2, 0.25) is 0 Å². The molecule has 1 amide bonds. The SMILES string of the molecule is CC1(CO)CCCC1NC(=O)c1cnc(-c2ncccn2)s1. The Kier molecular flexibility index (Phi) is 4.17. The van der Waals surface area contributed by atoms with Crippen LogP contribution < -0.4 is 5.32 Å². The van der Waals surface area contributed by atoms with Crippen LogP contribution in [0, 0.1) is 5.41 Å². The molecule has 2 unspecified atom stereocenters. The number of amides is 1. The minimum atomic E-state index is -0.230. The third-order valence-electron chi connectivity index (χ3n) is 4.24. The standard InChI is InChI=1S/C15H18N4O2S/c1-15(9-20)5-2-4-11(15)19-13(21)10-8-18-14(22-10)12-16-6-3-7-17-12/h3,6-8,11,20H,2,4-5,9H2,1H3,(H,19,21). The van der Waals surface area contributed by atoms with E-state index in [1.165, 1.54) is 11.3 Å². The van der Waals surface area contributed by atoms with Gasteiger partial charge in [-0.2, -0.15) is 0 Å². The largest absolute Gasteiger partial charge is 0.396 e. The fourth-order valence-corrected chi connectivity index (χ4v) is 3.56. The molecule has 1 aliphatic rings. The monoisotopic (exact) mass is 318 g/mol. The molecule has 0 aromatic carbocycles. The third kappa shape index (κ3) is 2.86. The number of carbonyl (C=O) groups excluding carboxylic acids is 1. The fraction of sp³-hybridized carbons (Fsp3) is 0.467. The number of nitrogens with one attached hydrogen (secondary N) is 1. The first-order valence-corrected chi connectivity index (χ1v) is 8.09. The van der Waals surface area contributed by atoms with Crippen LogP contribution in [0.25, 0.3) is 10.8 Å². The van der Waals surface area contributed by atoms with Crippen molar-refractivity contribution in [1.82, 2.24) is 20.3 Å². The fourth-order valence-electron chi connectivity index (χ4n) is 2.79. The topological polar surface area (TPSA) is 88.0 Å². The molecule has 0 saturated heterocycles. The molecule has 6 nitrogen and oxygen atoms in total. The average molecular weight is 318 g/mol. The van der Waals surface area contributed by atoms with Gasteiger partial charge >= 0.3 is 0 Å². The van der Waals surface area contributed by atoms with Gasteiger partial charge in [-0.3, -0.25) is 4.79 Å². The third-order valence-corrected chi connectivity index (χ3v) is 5.23. The number of aromatic nitrogens is 3. The van der Waals surface area contributed by atoms with E-state index in [1.54, 1.807) is 24.7 Å². The molecule has 2 heterocycles. The first kappa shape index (κ1) is 15.1. The minimum Gasteiger partial charge on any atom is -0.396 e. The smallest absolute Gasteiger partial charge is 0.263 e. The van der Waals surface area contributed by atoms with Gasteiger partial charge < -0.3 is 10.4 Å². The van der Waals surface area contributed by atoms with E-state index in [0.29, 0.717) is 15.7 Å². The summed E-state index contributed by atoms with van der Waals surface area (Å²) in [7, 11) is 0. The van der Waals surface area contributed by atoms with E-state index < -0.39 is 0 Å². The van der Waals surface area contributed by atoms with Crippen LogP contribution >= 0.6 is 11.3 Å². The van der Waals surface area contributed by atoms with Crippen molar-refractivity contribution in [2.75, 3.05) is 6.61 Å². The molecule has 2 aromatic rings. The lowest BCUT2D eigenvalue weighted by atomic mass is 9.86. The van der Waals surface area contributed by atoms with Crippen molar-refractivity contribution in [3.63, 3.8) is 0 Å². The maximum Gasteiger partial charge on any atom is 0.263 e. The second kappa shape index (κ2) is 6.10. The van der Waals surface area contributed by atoms with Crippen LogP contribution in [0.3, 0.4) is 0 Å². The van der Waals surface area contributed by atoms with Crippen molar-refractivity contribution in [1.29, 1.82) is 0 Å². The van der Waals surface area contributed by atoms with Gasteiger partial charge in [0.25, 0.3) is 5.91 Å². The molecule has 0 bridgehead atoms. The molecule has 2 N–H and O–H groups in total. The Bertz CT molecular complexity index is 661. The highest BCUT2D eigenvalue weighted by atomic mass is 32.1. The molecule has 22 heavy (non-hydrogen) atoms. The quantitative estimate of drug-likeness (QED) is 0.898. The van der Waals surface area contributed by atoms with Gasteiger partial charge in [0.05, 0.1) is 12.8 Å². The van der Waals surface area contributed by atoms with Crippen molar-refractivity contribution >= 4 is 17.2 Å². The van der Waals surface area contributed by atoms with E-state index >= 15 is 0 Å². The van der Waals surface area contributed by atoms with E-state index in [0.717, 1.165) is 19.3 Å². The summed E-state index contributed by atoms with van der Waals surface area (Å²) in [5.74, 6) is 0.374. The first-order valence-electron chi connectivity index (χ1n) is 7.27. The summed E-state index contributed by atoms with van der Waals surface area (Å²) < 4.78 is 0. The highest BCUT2D eigenvalue weighted by Gasteiger charge is 2.39. The molecule has 1 fully saturated rings. The van der Waals surface area contributed by atoms with E-state index in [2.05, 4.69) is 20.3 Å². The van der Waals surface area contributed by atoms with Crippen LogP contribution in [0.5, 0.6) is 0 Å². The summed E-state index contributed by atoms with van der Waals surface area (Å²) in [4.78, 5) is 25.4. The van der Waals surface area contributed by atoms with Crippen molar-refractivity contribution in [3.8, 4) is 10.8 Å². The molecule has 1 saturated carbocycles. The predicted octanol–water partition coefficient (Wildman–Crippen LogP) is 1.88. The predicted molar refractivity (Wildman–Crippen MR) is 83.4 cm³/mol. The summed E-state index contributed by atoms with van der Waals surface area (Å²) in [5, 5.41) is 13.2.